The Hall–Kier alpha value is -0.140. The van der Waals surface area contributed by atoms with Gasteiger partial charge in [-0.1, -0.05) is 13.8 Å². The molecule has 1 fully saturated rings. The number of hydrogen-bond acceptors (Lipinski definition) is 0. The Bertz CT molecular complexity index is 75.8. The maximum Gasteiger partial charge on any atom is 0.137 e. The van der Waals surface area contributed by atoms with E-state index in [0.717, 1.165) is 0 Å². The summed E-state index contributed by atoms with van der Waals surface area (Å²) >= 11 is 0. The molecule has 1 rings (SSSR count). The lowest BCUT2D eigenvalue weighted by Gasteiger charge is -1.95. The van der Waals surface area contributed by atoms with Gasteiger partial charge in [0.1, 0.15) is 12.3 Å². The Morgan fingerprint density at radius 3 is 1.50 bits per heavy atom. The van der Waals surface area contributed by atoms with Gasteiger partial charge < -0.3 is 0 Å². The van der Waals surface area contributed by atoms with E-state index in [1.807, 2.05) is 13.8 Å². The molecule has 2 unspecified atom stereocenters. The Kier molecular flexibility index (Phi) is 1.25. The van der Waals surface area contributed by atoms with Gasteiger partial charge in [-0.25, -0.2) is 8.78 Å². The van der Waals surface area contributed by atoms with Crippen molar-refractivity contribution in [1.29, 1.82) is 0 Å². The molecule has 0 aromatic carbocycles. The minimum absolute atomic E-state index is 0.167. The predicted molar refractivity (Wildman–Crippen MR) is 28.1 cm³/mol. The molecule has 0 saturated heterocycles. The molecule has 0 aromatic rings. The van der Waals surface area contributed by atoms with E-state index in [2.05, 4.69) is 0 Å². The fourth-order valence-electron chi connectivity index (χ4n) is 0.995. The number of alkyl halides is 2. The largest absolute Gasteiger partial charge is 0.244 e. The molecule has 1 aliphatic rings. The zero-order valence-electron chi connectivity index (χ0n) is 5.07. The van der Waals surface area contributed by atoms with Crippen LogP contribution in [-0.2, 0) is 0 Å². The van der Waals surface area contributed by atoms with Gasteiger partial charge >= 0.3 is 0 Å². The normalized spacial score (nSPS) is 45.4. The summed E-state index contributed by atoms with van der Waals surface area (Å²) in [6.45, 7) is 3.69. The van der Waals surface area contributed by atoms with Gasteiger partial charge in [0.05, 0.1) is 0 Å². The first-order chi connectivity index (χ1) is 3.64. The summed E-state index contributed by atoms with van der Waals surface area (Å²) in [6, 6.07) is 0. The van der Waals surface area contributed by atoms with Crippen LogP contribution in [0.5, 0.6) is 0 Å². The van der Waals surface area contributed by atoms with Gasteiger partial charge in [-0.15, -0.1) is 0 Å². The Morgan fingerprint density at radius 1 is 1.12 bits per heavy atom. The quantitative estimate of drug-likeness (QED) is 0.496. The molecule has 0 aliphatic heterocycles. The highest BCUT2D eigenvalue weighted by Gasteiger charge is 2.53. The van der Waals surface area contributed by atoms with Crippen LogP contribution in [0.1, 0.15) is 13.8 Å². The van der Waals surface area contributed by atoms with E-state index in [4.69, 9.17) is 0 Å². The van der Waals surface area contributed by atoms with E-state index in [9.17, 15) is 8.78 Å². The summed E-state index contributed by atoms with van der Waals surface area (Å²) < 4.78 is 24.1. The average molecular weight is 120 g/mol. The second kappa shape index (κ2) is 1.67. The van der Waals surface area contributed by atoms with E-state index in [0.29, 0.717) is 0 Å². The first-order valence-corrected chi connectivity index (χ1v) is 2.92. The van der Waals surface area contributed by atoms with Crippen molar-refractivity contribution in [3.05, 3.63) is 0 Å². The monoisotopic (exact) mass is 120 g/mol. The fraction of sp³-hybridized carbons (Fsp3) is 1.00. The molecule has 0 N–H and O–H groups in total. The maximum absolute atomic E-state index is 12.0. The van der Waals surface area contributed by atoms with Crippen LogP contribution in [0, 0.1) is 11.8 Å². The first-order valence-electron chi connectivity index (χ1n) is 2.92. The molecule has 3 atom stereocenters. The lowest BCUT2D eigenvalue weighted by molar-refractivity contribution is 0.372. The molecule has 0 bridgehead atoms. The van der Waals surface area contributed by atoms with Crippen molar-refractivity contribution in [2.75, 3.05) is 0 Å². The second-order valence-corrected chi connectivity index (χ2v) is 2.71. The molecule has 0 spiro atoms. The van der Waals surface area contributed by atoms with E-state index < -0.39 is 12.3 Å². The Labute approximate surface area is 47.9 Å². The topological polar surface area (TPSA) is 0 Å². The van der Waals surface area contributed by atoms with Crippen molar-refractivity contribution in [3.8, 4) is 0 Å². The third-order valence-electron chi connectivity index (χ3n) is 1.67. The van der Waals surface area contributed by atoms with Crippen molar-refractivity contribution in [1.82, 2.24) is 0 Å². The maximum atomic E-state index is 12.0. The Balaban J connectivity index is 2.33. The molecular formula is C6H10F2. The van der Waals surface area contributed by atoms with Crippen molar-refractivity contribution in [3.63, 3.8) is 0 Å². The van der Waals surface area contributed by atoms with Gasteiger partial charge in [-0.3, -0.25) is 0 Å². The highest BCUT2D eigenvalue weighted by Crippen LogP contribution is 2.43. The highest BCUT2D eigenvalue weighted by molar-refractivity contribution is 5.00. The van der Waals surface area contributed by atoms with Crippen molar-refractivity contribution in [2.24, 2.45) is 11.8 Å². The van der Waals surface area contributed by atoms with Gasteiger partial charge in [-0.2, -0.15) is 0 Å². The molecular weight excluding hydrogens is 110 g/mol. The van der Waals surface area contributed by atoms with Gasteiger partial charge in [0.2, 0.25) is 0 Å². The molecule has 0 heterocycles. The molecule has 2 heteroatoms. The average Bonchev–Trinajstić information content (AvgIpc) is 2.15. The van der Waals surface area contributed by atoms with Crippen LogP contribution in [0.25, 0.3) is 0 Å². The van der Waals surface area contributed by atoms with E-state index in [1.165, 1.54) is 0 Å². The summed E-state index contributed by atoms with van der Waals surface area (Å²) in [7, 11) is 0. The van der Waals surface area contributed by atoms with Crippen molar-refractivity contribution >= 4 is 0 Å². The van der Waals surface area contributed by atoms with Crippen LogP contribution in [0.4, 0.5) is 8.78 Å². The lowest BCUT2D eigenvalue weighted by Crippen LogP contribution is -1.92. The highest BCUT2D eigenvalue weighted by atomic mass is 19.2. The number of hydrogen-bond donors (Lipinski definition) is 0. The molecule has 0 nitrogen and oxygen atoms in total. The number of halogens is 2. The molecule has 8 heavy (non-hydrogen) atoms. The summed E-state index contributed by atoms with van der Waals surface area (Å²) in [6.07, 6.45) is -2.31. The minimum atomic E-state index is -1.16. The summed E-state index contributed by atoms with van der Waals surface area (Å²) in [5.74, 6) is -0.130. The SMILES string of the molecule is CC(C)C1C(F)[C@H]1F. The fourth-order valence-corrected chi connectivity index (χ4v) is 0.995. The van der Waals surface area contributed by atoms with Gasteiger partial charge in [0.25, 0.3) is 0 Å². The van der Waals surface area contributed by atoms with E-state index in [-0.39, 0.29) is 11.8 Å². The lowest BCUT2D eigenvalue weighted by atomic mass is 10.1. The van der Waals surface area contributed by atoms with Crippen molar-refractivity contribution < 1.29 is 8.78 Å². The summed E-state index contributed by atoms with van der Waals surface area (Å²) in [4.78, 5) is 0. The van der Waals surface area contributed by atoms with Crippen LogP contribution < -0.4 is 0 Å². The molecule has 1 saturated carbocycles. The van der Waals surface area contributed by atoms with Gasteiger partial charge in [0.15, 0.2) is 0 Å². The van der Waals surface area contributed by atoms with Crippen LogP contribution in [0.2, 0.25) is 0 Å². The van der Waals surface area contributed by atoms with E-state index in [1.54, 1.807) is 0 Å². The van der Waals surface area contributed by atoms with E-state index >= 15 is 0 Å². The zero-order chi connectivity index (χ0) is 6.31. The molecule has 48 valence electrons. The third kappa shape index (κ3) is 0.721. The number of rotatable bonds is 1. The molecule has 1 aliphatic carbocycles. The van der Waals surface area contributed by atoms with Gasteiger partial charge in [-0.05, 0) is 5.92 Å². The standard InChI is InChI=1S/C6H10F2/c1-3(2)4-5(7)6(4)8/h3-6H,1-2H3/t4?,5-,6?/m0/s1. The van der Waals surface area contributed by atoms with Crippen LogP contribution >= 0.6 is 0 Å². The van der Waals surface area contributed by atoms with Crippen LogP contribution in [-0.4, -0.2) is 12.3 Å². The molecule has 0 aromatic heterocycles. The van der Waals surface area contributed by atoms with Crippen LogP contribution in [0.3, 0.4) is 0 Å². The van der Waals surface area contributed by atoms with Crippen LogP contribution in [0.15, 0.2) is 0 Å². The van der Waals surface area contributed by atoms with Crippen molar-refractivity contribution in [2.45, 2.75) is 26.2 Å². The summed E-state index contributed by atoms with van der Waals surface area (Å²) in [5, 5.41) is 0. The predicted octanol–water partition coefficient (Wildman–Crippen LogP) is 1.95. The zero-order valence-corrected chi connectivity index (χ0v) is 5.07. The minimum Gasteiger partial charge on any atom is -0.244 e. The first kappa shape index (κ1) is 5.99. The van der Waals surface area contributed by atoms with Gasteiger partial charge in [0, 0.05) is 5.92 Å². The Morgan fingerprint density at radius 2 is 1.50 bits per heavy atom. The summed E-state index contributed by atoms with van der Waals surface area (Å²) in [5.41, 5.74) is 0. The smallest absolute Gasteiger partial charge is 0.137 e. The molecule has 0 radical (unpaired) electrons. The third-order valence-corrected chi connectivity index (χ3v) is 1.67. The second-order valence-electron chi connectivity index (χ2n) is 2.71. The molecule has 0 amide bonds.